The monoisotopic (exact) mass is 359 g/mol. The fraction of sp³-hybridized carbons (Fsp3) is 0.688. The van der Waals surface area contributed by atoms with E-state index in [0.29, 0.717) is 12.8 Å². The summed E-state index contributed by atoms with van der Waals surface area (Å²) in [5.74, 6) is 0.371. The van der Waals surface area contributed by atoms with Crippen molar-refractivity contribution in [2.45, 2.75) is 70.8 Å². The summed E-state index contributed by atoms with van der Waals surface area (Å²) in [4.78, 5) is 12.5. The van der Waals surface area contributed by atoms with Crippen molar-refractivity contribution in [3.8, 4) is 0 Å². The third-order valence-electron chi connectivity index (χ3n) is 3.79. The molecular formula is C16H24F3N5O. The van der Waals surface area contributed by atoms with Crippen molar-refractivity contribution >= 4 is 17.5 Å². The molecule has 0 saturated heterocycles. The smallest absolute Gasteiger partial charge is 0.389 e. The number of anilines is 2. The maximum Gasteiger partial charge on any atom is 0.408 e. The number of aliphatic hydroxyl groups is 1. The maximum atomic E-state index is 13.0. The Kier molecular flexibility index (Phi) is 6.21. The van der Waals surface area contributed by atoms with E-state index in [9.17, 15) is 18.3 Å². The van der Waals surface area contributed by atoms with Crippen molar-refractivity contribution in [1.29, 1.82) is 0 Å². The van der Waals surface area contributed by atoms with Crippen molar-refractivity contribution in [2.75, 3.05) is 10.6 Å². The summed E-state index contributed by atoms with van der Waals surface area (Å²) < 4.78 is 39.1. The van der Waals surface area contributed by atoms with Crippen LogP contribution in [0.15, 0.2) is 6.08 Å². The molecule has 0 spiro atoms. The molecule has 1 aliphatic carbocycles. The second-order valence-corrected chi connectivity index (χ2v) is 6.40. The van der Waals surface area contributed by atoms with Gasteiger partial charge in [-0.05, 0) is 51.2 Å². The summed E-state index contributed by atoms with van der Waals surface area (Å²) >= 11 is 0. The molecule has 1 aromatic heterocycles. The normalized spacial score (nSPS) is 19.5. The molecule has 2 rings (SSSR count). The summed E-state index contributed by atoms with van der Waals surface area (Å²) in [5, 5.41) is 15.1. The van der Waals surface area contributed by atoms with E-state index in [0.717, 1.165) is 12.0 Å². The highest BCUT2D eigenvalue weighted by Gasteiger charge is 2.38. The van der Waals surface area contributed by atoms with E-state index >= 15 is 0 Å². The third-order valence-corrected chi connectivity index (χ3v) is 3.79. The third kappa shape index (κ3) is 5.55. The molecule has 0 radical (unpaired) electrons. The highest BCUT2D eigenvalue weighted by atomic mass is 19.4. The zero-order valence-corrected chi connectivity index (χ0v) is 14.6. The lowest BCUT2D eigenvalue weighted by Crippen LogP contribution is -2.36. The molecule has 2 atom stereocenters. The minimum absolute atomic E-state index is 0.0126. The Balaban J connectivity index is 2.36. The number of halogens is 3. The van der Waals surface area contributed by atoms with Crippen molar-refractivity contribution in [3.63, 3.8) is 0 Å². The Hall–Kier alpha value is -1.90. The number of alkyl halides is 3. The zero-order valence-electron chi connectivity index (χ0n) is 14.6. The minimum atomic E-state index is -4.40. The predicted molar refractivity (Wildman–Crippen MR) is 90.2 cm³/mol. The molecule has 6 nitrogen and oxygen atoms in total. The van der Waals surface area contributed by atoms with Gasteiger partial charge in [0.2, 0.25) is 11.9 Å². The standard InChI is InChI=1S/C16H24F3N5O/c1-4-12(16(17,18)19)21-15-23-13(10-6-5-7-11(25)8-10)22-14(24-15)20-9(2)3/h8-9,11-12,25H,4-7H2,1-3H3,(H2,20,21,22,23,24)/t11?,12-/m1/s1. The summed E-state index contributed by atoms with van der Waals surface area (Å²) in [6.07, 6.45) is -1.37. The largest absolute Gasteiger partial charge is 0.408 e. The van der Waals surface area contributed by atoms with Crippen LogP contribution in [0.25, 0.3) is 5.57 Å². The van der Waals surface area contributed by atoms with E-state index in [1.165, 1.54) is 6.92 Å². The van der Waals surface area contributed by atoms with Gasteiger partial charge in [0.25, 0.3) is 0 Å². The average Bonchev–Trinajstić information content (AvgIpc) is 2.50. The van der Waals surface area contributed by atoms with Gasteiger partial charge in [0.1, 0.15) is 6.04 Å². The number of hydrogen-bond acceptors (Lipinski definition) is 6. The first kappa shape index (κ1) is 19.4. The molecule has 1 heterocycles. The molecular weight excluding hydrogens is 335 g/mol. The molecule has 0 aliphatic heterocycles. The highest BCUT2D eigenvalue weighted by Crippen LogP contribution is 2.28. The Morgan fingerprint density at radius 1 is 1.20 bits per heavy atom. The number of rotatable bonds is 6. The number of nitrogens with one attached hydrogen (secondary N) is 2. The van der Waals surface area contributed by atoms with E-state index < -0.39 is 18.3 Å². The summed E-state index contributed by atoms with van der Waals surface area (Å²) in [6, 6.07) is -1.72. The SMILES string of the molecule is CC[C@@H](Nc1nc(NC(C)C)nc(C2=CC(O)CCC2)n1)C(F)(F)F. The van der Waals surface area contributed by atoms with Gasteiger partial charge in [0.15, 0.2) is 5.82 Å². The van der Waals surface area contributed by atoms with Gasteiger partial charge in [-0.1, -0.05) is 6.92 Å². The van der Waals surface area contributed by atoms with Gasteiger partial charge in [0, 0.05) is 6.04 Å². The first-order chi connectivity index (χ1) is 11.7. The average molecular weight is 359 g/mol. The van der Waals surface area contributed by atoms with Gasteiger partial charge in [-0.2, -0.15) is 28.1 Å². The fourth-order valence-electron chi connectivity index (χ4n) is 2.56. The molecule has 0 fully saturated rings. The molecule has 1 aliphatic rings. The van der Waals surface area contributed by atoms with Crippen molar-refractivity contribution in [2.24, 2.45) is 0 Å². The van der Waals surface area contributed by atoms with Crippen LogP contribution in [0.4, 0.5) is 25.1 Å². The van der Waals surface area contributed by atoms with Crippen molar-refractivity contribution in [3.05, 3.63) is 11.9 Å². The topological polar surface area (TPSA) is 83.0 Å². The van der Waals surface area contributed by atoms with Crippen molar-refractivity contribution in [1.82, 2.24) is 15.0 Å². The first-order valence-electron chi connectivity index (χ1n) is 8.44. The molecule has 25 heavy (non-hydrogen) atoms. The summed E-state index contributed by atoms with van der Waals surface area (Å²) in [7, 11) is 0. The van der Waals surface area contributed by atoms with Gasteiger partial charge in [-0.25, -0.2) is 0 Å². The van der Waals surface area contributed by atoms with Gasteiger partial charge < -0.3 is 15.7 Å². The number of aromatic nitrogens is 3. The lowest BCUT2D eigenvalue weighted by Gasteiger charge is -2.21. The van der Waals surface area contributed by atoms with E-state index in [-0.39, 0.29) is 30.2 Å². The lowest BCUT2D eigenvalue weighted by molar-refractivity contribution is -0.143. The predicted octanol–water partition coefficient (Wildman–Crippen LogP) is 3.37. The Bertz CT molecular complexity index is 618. The van der Waals surface area contributed by atoms with Crippen LogP contribution in [0.1, 0.15) is 52.3 Å². The number of hydrogen-bond donors (Lipinski definition) is 3. The van der Waals surface area contributed by atoms with E-state index in [4.69, 9.17) is 0 Å². The maximum absolute atomic E-state index is 13.0. The molecule has 1 aromatic rings. The van der Waals surface area contributed by atoms with Gasteiger partial charge in [-0.15, -0.1) is 0 Å². The molecule has 0 aromatic carbocycles. The van der Waals surface area contributed by atoms with Crippen LogP contribution in [-0.2, 0) is 0 Å². The van der Waals surface area contributed by atoms with Crippen LogP contribution >= 0.6 is 0 Å². The quantitative estimate of drug-likeness (QED) is 0.722. The van der Waals surface area contributed by atoms with E-state index in [1.807, 2.05) is 13.8 Å². The number of aliphatic hydroxyl groups excluding tert-OH is 1. The molecule has 1 unspecified atom stereocenters. The van der Waals surface area contributed by atoms with Crippen LogP contribution in [0.2, 0.25) is 0 Å². The second-order valence-electron chi connectivity index (χ2n) is 6.40. The van der Waals surface area contributed by atoms with Crippen LogP contribution < -0.4 is 10.6 Å². The van der Waals surface area contributed by atoms with E-state index in [2.05, 4.69) is 25.6 Å². The van der Waals surface area contributed by atoms with E-state index in [1.54, 1.807) is 6.08 Å². The number of nitrogens with zero attached hydrogens (tertiary/aromatic N) is 3. The van der Waals surface area contributed by atoms with Crippen molar-refractivity contribution < 1.29 is 18.3 Å². The molecule has 0 bridgehead atoms. The summed E-state index contributed by atoms with van der Waals surface area (Å²) in [6.45, 7) is 5.20. The van der Waals surface area contributed by atoms with Gasteiger partial charge in [-0.3, -0.25) is 0 Å². The molecule has 0 saturated carbocycles. The lowest BCUT2D eigenvalue weighted by atomic mass is 9.97. The van der Waals surface area contributed by atoms with Crippen LogP contribution in [0, 0.1) is 0 Å². The Morgan fingerprint density at radius 2 is 1.84 bits per heavy atom. The second kappa shape index (κ2) is 7.99. The Labute approximate surface area is 145 Å². The van der Waals surface area contributed by atoms with Gasteiger partial charge in [0.05, 0.1) is 6.10 Å². The summed E-state index contributed by atoms with van der Waals surface area (Å²) in [5.41, 5.74) is 0.719. The first-order valence-corrected chi connectivity index (χ1v) is 8.44. The Morgan fingerprint density at radius 3 is 2.36 bits per heavy atom. The van der Waals surface area contributed by atoms with Crippen LogP contribution in [-0.4, -0.2) is 44.4 Å². The van der Waals surface area contributed by atoms with Gasteiger partial charge >= 0.3 is 6.18 Å². The zero-order chi connectivity index (χ0) is 18.6. The van der Waals surface area contributed by atoms with Crippen LogP contribution in [0.5, 0.6) is 0 Å². The fourth-order valence-corrected chi connectivity index (χ4v) is 2.56. The minimum Gasteiger partial charge on any atom is -0.389 e. The van der Waals surface area contributed by atoms with Crippen LogP contribution in [0.3, 0.4) is 0 Å². The highest BCUT2D eigenvalue weighted by molar-refractivity contribution is 5.63. The molecule has 140 valence electrons. The molecule has 3 N–H and O–H groups in total. The number of allylic oxidation sites excluding steroid dienone is 1. The molecule has 9 heteroatoms. The molecule has 0 amide bonds.